The van der Waals surface area contributed by atoms with Gasteiger partial charge in [0.1, 0.15) is 11.5 Å². The van der Waals surface area contributed by atoms with Crippen molar-refractivity contribution in [3.8, 4) is 11.5 Å². The highest BCUT2D eigenvalue weighted by Gasteiger charge is 2.33. The first-order valence-corrected chi connectivity index (χ1v) is 8.12. The van der Waals surface area contributed by atoms with E-state index < -0.39 is 0 Å². The summed E-state index contributed by atoms with van der Waals surface area (Å²) in [5.41, 5.74) is -0.159. The first kappa shape index (κ1) is 17.3. The number of carbonyl (C=O) groups excluding carboxylic acids is 1. The third-order valence-electron chi connectivity index (χ3n) is 4.11. The summed E-state index contributed by atoms with van der Waals surface area (Å²) in [5.74, 6) is 0.733. The third-order valence-corrected chi connectivity index (χ3v) is 4.11. The third kappa shape index (κ3) is 4.04. The first-order valence-electron chi connectivity index (χ1n) is 8.12. The molecule has 124 valence electrons. The van der Waals surface area contributed by atoms with E-state index in [9.17, 15) is 9.90 Å². The minimum Gasteiger partial charge on any atom is -0.507 e. The number of ether oxygens (including phenoxy) is 1. The van der Waals surface area contributed by atoms with Crippen molar-refractivity contribution in [2.24, 2.45) is 17.3 Å². The highest BCUT2D eigenvalue weighted by atomic mass is 16.5. The van der Waals surface area contributed by atoms with Crippen molar-refractivity contribution in [2.45, 2.75) is 41.0 Å². The van der Waals surface area contributed by atoms with Crippen molar-refractivity contribution in [2.75, 3.05) is 0 Å². The zero-order valence-corrected chi connectivity index (χ0v) is 14.6. The zero-order chi connectivity index (χ0) is 17.2. The molecule has 0 aliphatic carbocycles. The van der Waals surface area contributed by atoms with E-state index in [1.807, 2.05) is 12.1 Å². The number of esters is 1. The van der Waals surface area contributed by atoms with Crippen molar-refractivity contribution >= 4 is 16.7 Å². The number of phenols is 1. The lowest BCUT2D eigenvalue weighted by Gasteiger charge is -2.30. The van der Waals surface area contributed by atoms with Crippen LogP contribution in [0.25, 0.3) is 10.8 Å². The molecule has 2 rings (SSSR count). The molecule has 2 aromatic rings. The first-order chi connectivity index (χ1) is 10.7. The molecule has 2 aromatic carbocycles. The molecule has 0 aromatic heterocycles. The van der Waals surface area contributed by atoms with E-state index in [0.29, 0.717) is 17.1 Å². The number of rotatable bonds is 4. The molecule has 1 unspecified atom stereocenters. The predicted octanol–water partition coefficient (Wildman–Crippen LogP) is 5.16. The molecule has 0 bridgehead atoms. The second-order valence-electron chi connectivity index (χ2n) is 7.60. The molecule has 3 nitrogen and oxygen atoms in total. The molecule has 0 amide bonds. The Hall–Kier alpha value is -2.03. The fraction of sp³-hybridized carbons (Fsp3) is 0.450. The number of fused-ring (bicyclic) bond motifs is 1. The molecule has 0 saturated carbocycles. The molecule has 1 atom stereocenters. The van der Waals surface area contributed by atoms with Gasteiger partial charge in [0, 0.05) is 10.8 Å². The minimum absolute atomic E-state index is 0.159. The number of hydrogen-bond donors (Lipinski definition) is 1. The Bertz CT molecular complexity index is 696. The van der Waals surface area contributed by atoms with Gasteiger partial charge >= 0.3 is 5.97 Å². The standard InChI is InChI=1S/C20H26O3/c1-13(2)12-16(20(3,4)5)19(22)23-18-11-7-8-14-15(18)9-6-10-17(14)21/h6-11,13,16,21H,12H2,1-5H3. The van der Waals surface area contributed by atoms with Gasteiger partial charge in [0.2, 0.25) is 0 Å². The van der Waals surface area contributed by atoms with Gasteiger partial charge in [0.15, 0.2) is 0 Å². The molecule has 0 aliphatic heterocycles. The van der Waals surface area contributed by atoms with Crippen LogP contribution in [0.4, 0.5) is 0 Å². The van der Waals surface area contributed by atoms with Crippen LogP contribution in [0, 0.1) is 17.3 Å². The van der Waals surface area contributed by atoms with Crippen molar-refractivity contribution in [1.29, 1.82) is 0 Å². The second-order valence-corrected chi connectivity index (χ2v) is 7.60. The van der Waals surface area contributed by atoms with Gasteiger partial charge < -0.3 is 9.84 Å². The summed E-state index contributed by atoms with van der Waals surface area (Å²) >= 11 is 0. The van der Waals surface area contributed by atoms with Gasteiger partial charge in [-0.3, -0.25) is 4.79 Å². The van der Waals surface area contributed by atoms with Gasteiger partial charge in [-0.2, -0.15) is 0 Å². The summed E-state index contributed by atoms with van der Waals surface area (Å²) in [4.78, 5) is 12.7. The molecule has 0 heterocycles. The lowest BCUT2D eigenvalue weighted by Crippen LogP contribution is -2.33. The average Bonchev–Trinajstić information content (AvgIpc) is 2.44. The Kier molecular flexibility index (Phi) is 4.98. The summed E-state index contributed by atoms with van der Waals surface area (Å²) in [7, 11) is 0. The Morgan fingerprint density at radius 3 is 2.30 bits per heavy atom. The largest absolute Gasteiger partial charge is 0.507 e. The van der Waals surface area contributed by atoms with E-state index in [1.165, 1.54) is 0 Å². The van der Waals surface area contributed by atoms with Crippen molar-refractivity contribution in [3.05, 3.63) is 36.4 Å². The summed E-state index contributed by atoms with van der Waals surface area (Å²) in [6.45, 7) is 10.4. The maximum Gasteiger partial charge on any atom is 0.314 e. The predicted molar refractivity (Wildman–Crippen MR) is 93.6 cm³/mol. The van der Waals surface area contributed by atoms with E-state index >= 15 is 0 Å². The van der Waals surface area contributed by atoms with Crippen molar-refractivity contribution < 1.29 is 14.6 Å². The molecule has 0 aliphatic rings. The van der Waals surface area contributed by atoms with E-state index in [0.717, 1.165) is 11.8 Å². The molecule has 0 radical (unpaired) electrons. The fourth-order valence-corrected chi connectivity index (χ4v) is 2.81. The van der Waals surface area contributed by atoms with E-state index in [1.54, 1.807) is 24.3 Å². The Morgan fingerprint density at radius 2 is 1.70 bits per heavy atom. The lowest BCUT2D eigenvalue weighted by molar-refractivity contribution is -0.143. The van der Waals surface area contributed by atoms with Crippen LogP contribution in [0.2, 0.25) is 0 Å². The Labute approximate surface area is 138 Å². The molecule has 1 N–H and O–H groups in total. The van der Waals surface area contributed by atoms with Crippen LogP contribution in [-0.4, -0.2) is 11.1 Å². The van der Waals surface area contributed by atoms with Gasteiger partial charge in [-0.05, 0) is 29.9 Å². The van der Waals surface area contributed by atoms with Gasteiger partial charge in [-0.1, -0.05) is 58.9 Å². The van der Waals surface area contributed by atoms with E-state index in [4.69, 9.17) is 4.74 Å². The average molecular weight is 314 g/mol. The number of carbonyl (C=O) groups is 1. The van der Waals surface area contributed by atoms with Gasteiger partial charge in [0.05, 0.1) is 5.92 Å². The SMILES string of the molecule is CC(C)CC(C(=O)Oc1cccc2c(O)cccc12)C(C)(C)C. The summed E-state index contributed by atoms with van der Waals surface area (Å²) < 4.78 is 5.72. The zero-order valence-electron chi connectivity index (χ0n) is 14.6. The maximum absolute atomic E-state index is 12.7. The molecule has 0 saturated heterocycles. The second kappa shape index (κ2) is 6.61. The molecular weight excluding hydrogens is 288 g/mol. The summed E-state index contributed by atoms with van der Waals surface area (Å²) in [6.07, 6.45) is 0.790. The van der Waals surface area contributed by atoms with Crippen LogP contribution in [0.5, 0.6) is 11.5 Å². The minimum atomic E-state index is -0.206. The van der Waals surface area contributed by atoms with Crippen LogP contribution < -0.4 is 4.74 Å². The summed E-state index contributed by atoms with van der Waals surface area (Å²) in [5, 5.41) is 11.4. The van der Waals surface area contributed by atoms with Crippen LogP contribution in [-0.2, 0) is 4.79 Å². The Balaban J connectivity index is 2.34. The molecular formula is C20H26O3. The molecule has 23 heavy (non-hydrogen) atoms. The number of phenolic OH excluding ortho intramolecular Hbond substituents is 1. The molecule has 0 spiro atoms. The van der Waals surface area contributed by atoms with Crippen molar-refractivity contribution in [1.82, 2.24) is 0 Å². The van der Waals surface area contributed by atoms with Gasteiger partial charge in [-0.15, -0.1) is 0 Å². The van der Waals surface area contributed by atoms with E-state index in [-0.39, 0.29) is 23.1 Å². The molecule has 0 fully saturated rings. The maximum atomic E-state index is 12.7. The van der Waals surface area contributed by atoms with Crippen LogP contribution in [0.3, 0.4) is 0 Å². The van der Waals surface area contributed by atoms with Crippen LogP contribution in [0.15, 0.2) is 36.4 Å². The number of hydrogen-bond acceptors (Lipinski definition) is 3. The highest BCUT2D eigenvalue weighted by molar-refractivity contribution is 5.94. The summed E-state index contributed by atoms with van der Waals surface area (Å²) in [6, 6.07) is 10.6. The van der Waals surface area contributed by atoms with Crippen LogP contribution >= 0.6 is 0 Å². The van der Waals surface area contributed by atoms with Crippen molar-refractivity contribution in [3.63, 3.8) is 0 Å². The number of benzene rings is 2. The number of aromatic hydroxyl groups is 1. The van der Waals surface area contributed by atoms with Gasteiger partial charge in [-0.25, -0.2) is 0 Å². The lowest BCUT2D eigenvalue weighted by atomic mass is 9.76. The monoisotopic (exact) mass is 314 g/mol. The van der Waals surface area contributed by atoms with E-state index in [2.05, 4.69) is 34.6 Å². The fourth-order valence-electron chi connectivity index (χ4n) is 2.81. The highest BCUT2D eigenvalue weighted by Crippen LogP contribution is 2.35. The molecule has 3 heteroatoms. The Morgan fingerprint density at radius 1 is 1.09 bits per heavy atom. The quantitative estimate of drug-likeness (QED) is 0.626. The normalized spacial score (nSPS) is 13.3. The smallest absolute Gasteiger partial charge is 0.314 e. The topological polar surface area (TPSA) is 46.5 Å². The van der Waals surface area contributed by atoms with Gasteiger partial charge in [0.25, 0.3) is 0 Å². The van der Waals surface area contributed by atoms with Crippen LogP contribution in [0.1, 0.15) is 41.0 Å².